The van der Waals surface area contributed by atoms with Gasteiger partial charge in [0.25, 0.3) is 5.82 Å². The maximum atomic E-state index is 8.01. The molecule has 0 radical (unpaired) electrons. The van der Waals surface area contributed by atoms with Crippen molar-refractivity contribution < 1.29 is 8.68 Å². The highest BCUT2D eigenvalue weighted by Gasteiger charge is 2.33. The summed E-state index contributed by atoms with van der Waals surface area (Å²) >= 11 is 0. The fraction of sp³-hybridized carbons (Fsp3) is 0.125. The highest BCUT2D eigenvalue weighted by atomic mass is 15.2. The van der Waals surface area contributed by atoms with E-state index in [9.17, 15) is 0 Å². The Balaban J connectivity index is 2.01. The number of rotatable bonds is 0. The number of fused-ring (bicyclic) bond motifs is 7. The lowest BCUT2D eigenvalue weighted by atomic mass is 10.1. The lowest BCUT2D eigenvalue weighted by molar-refractivity contribution is -0.645. The summed E-state index contributed by atoms with van der Waals surface area (Å²) in [6, 6.07) is 9.91. The SMILES string of the molecule is [2H]C([2H])([2H])n1c2[n+](c3c1cn1cnccc31)Cc1ccccc1-2. The highest BCUT2D eigenvalue weighted by molar-refractivity contribution is 5.91. The lowest BCUT2D eigenvalue weighted by Crippen LogP contribution is -2.31. The van der Waals surface area contributed by atoms with Crippen molar-refractivity contribution in [1.82, 2.24) is 14.0 Å². The minimum absolute atomic E-state index is 0.688. The second-order valence-electron chi connectivity index (χ2n) is 5.14. The molecule has 0 amide bonds. The summed E-state index contributed by atoms with van der Waals surface area (Å²) in [7, 11) is 0. The van der Waals surface area contributed by atoms with Crippen LogP contribution in [0.1, 0.15) is 9.68 Å². The third kappa shape index (κ3) is 1.04. The molecule has 1 aromatic carbocycles. The Bertz CT molecular complexity index is 1090. The molecule has 4 aromatic rings. The van der Waals surface area contributed by atoms with E-state index in [-0.39, 0.29) is 0 Å². The quantitative estimate of drug-likeness (QED) is 0.394. The van der Waals surface area contributed by atoms with Crippen LogP contribution in [0.4, 0.5) is 0 Å². The number of aryl methyl sites for hydroxylation is 1. The molecule has 4 heterocycles. The van der Waals surface area contributed by atoms with E-state index in [0.29, 0.717) is 12.1 Å². The van der Waals surface area contributed by atoms with E-state index in [1.165, 1.54) is 4.57 Å². The molecule has 4 heteroatoms. The molecule has 0 saturated carbocycles. The molecule has 0 atom stereocenters. The Labute approximate surface area is 119 Å². The maximum Gasteiger partial charge on any atom is 0.290 e. The van der Waals surface area contributed by atoms with Gasteiger partial charge in [0.05, 0.1) is 34.7 Å². The van der Waals surface area contributed by atoms with E-state index < -0.39 is 6.98 Å². The fourth-order valence-corrected chi connectivity index (χ4v) is 3.25. The van der Waals surface area contributed by atoms with Crippen LogP contribution < -0.4 is 4.57 Å². The van der Waals surface area contributed by atoms with Gasteiger partial charge in [-0.05, 0) is 12.1 Å². The summed E-state index contributed by atoms with van der Waals surface area (Å²) in [5, 5.41) is 0. The predicted octanol–water partition coefficient (Wildman–Crippen LogP) is 2.14. The van der Waals surface area contributed by atoms with Crippen molar-refractivity contribution in [3.8, 4) is 11.4 Å². The molecule has 0 N–H and O–H groups in total. The average Bonchev–Trinajstić information content (AvgIpc) is 3.12. The van der Waals surface area contributed by atoms with Crippen molar-refractivity contribution in [3.63, 3.8) is 0 Å². The van der Waals surface area contributed by atoms with Gasteiger partial charge in [0.1, 0.15) is 6.54 Å². The monoisotopic (exact) mass is 264 g/mol. The second kappa shape index (κ2) is 3.28. The molecule has 5 rings (SSSR count). The van der Waals surface area contributed by atoms with Crippen LogP contribution in [0.25, 0.3) is 27.9 Å². The van der Waals surface area contributed by atoms with Gasteiger partial charge >= 0.3 is 0 Å². The van der Waals surface area contributed by atoms with Crippen molar-refractivity contribution in [2.45, 2.75) is 6.54 Å². The molecule has 0 aliphatic carbocycles. The van der Waals surface area contributed by atoms with Crippen molar-refractivity contribution in [1.29, 1.82) is 0 Å². The number of nitrogens with zero attached hydrogens (tertiary/aromatic N) is 4. The molecule has 3 aromatic heterocycles. The van der Waals surface area contributed by atoms with Crippen LogP contribution in [-0.2, 0) is 13.5 Å². The smallest absolute Gasteiger partial charge is 0.290 e. The van der Waals surface area contributed by atoms with Crippen molar-refractivity contribution in [2.24, 2.45) is 6.98 Å². The molecule has 20 heavy (non-hydrogen) atoms. The molecule has 0 saturated heterocycles. The summed E-state index contributed by atoms with van der Waals surface area (Å²) < 4.78 is 29.5. The first-order chi connectivity index (χ1) is 11.1. The summed E-state index contributed by atoms with van der Waals surface area (Å²) in [6.45, 7) is -1.55. The van der Waals surface area contributed by atoms with Crippen LogP contribution in [0.3, 0.4) is 0 Å². The molecule has 4 nitrogen and oxygen atoms in total. The molecular weight excluding hydrogens is 248 g/mol. The third-order valence-corrected chi connectivity index (χ3v) is 4.10. The van der Waals surface area contributed by atoms with Crippen molar-refractivity contribution in [2.75, 3.05) is 0 Å². The molecule has 1 aliphatic rings. The summed E-state index contributed by atoms with van der Waals surface area (Å²) in [6.07, 6.45) is 5.28. The van der Waals surface area contributed by atoms with Gasteiger partial charge in [-0.25, -0.2) is 14.1 Å². The van der Waals surface area contributed by atoms with Gasteiger partial charge in [0, 0.05) is 11.8 Å². The maximum absolute atomic E-state index is 8.01. The zero-order valence-electron chi connectivity index (χ0n) is 13.6. The minimum Gasteiger partial charge on any atom is -0.299 e. The minimum atomic E-state index is -2.24. The van der Waals surface area contributed by atoms with E-state index >= 15 is 0 Å². The van der Waals surface area contributed by atoms with Gasteiger partial charge in [0.15, 0.2) is 5.52 Å². The zero-order valence-corrected chi connectivity index (χ0v) is 10.6. The van der Waals surface area contributed by atoms with Crippen LogP contribution >= 0.6 is 0 Å². The van der Waals surface area contributed by atoms with Gasteiger partial charge in [-0.1, -0.05) is 18.2 Å². The van der Waals surface area contributed by atoms with Gasteiger partial charge in [-0.2, -0.15) is 0 Å². The lowest BCUT2D eigenvalue weighted by Gasteiger charge is -1.94. The van der Waals surface area contributed by atoms with Gasteiger partial charge in [0.2, 0.25) is 5.52 Å². The van der Waals surface area contributed by atoms with Crippen LogP contribution in [0, 0.1) is 0 Å². The first kappa shape index (κ1) is 7.85. The van der Waals surface area contributed by atoms with Crippen molar-refractivity contribution >= 4 is 16.6 Å². The molecule has 0 unspecified atom stereocenters. The third-order valence-electron chi connectivity index (χ3n) is 4.10. The summed E-state index contributed by atoms with van der Waals surface area (Å²) in [5.41, 5.74) is 4.76. The van der Waals surface area contributed by atoms with Gasteiger partial charge in [-0.15, -0.1) is 0 Å². The Hall–Kier alpha value is -2.62. The summed E-state index contributed by atoms with van der Waals surface area (Å²) in [5.74, 6) is 0.755. The highest BCUT2D eigenvalue weighted by Crippen LogP contribution is 2.32. The number of hydrogen-bond acceptors (Lipinski definition) is 1. The topological polar surface area (TPSA) is 26.1 Å². The molecular formula is C16H13N4+. The Kier molecular flexibility index (Phi) is 1.29. The van der Waals surface area contributed by atoms with Crippen LogP contribution in [0.2, 0.25) is 0 Å². The molecule has 0 fully saturated rings. The van der Waals surface area contributed by atoms with Crippen LogP contribution in [0.5, 0.6) is 0 Å². The average molecular weight is 264 g/mol. The van der Waals surface area contributed by atoms with Crippen molar-refractivity contribution in [3.05, 3.63) is 54.6 Å². The van der Waals surface area contributed by atoms with Crippen LogP contribution in [0.15, 0.2) is 49.1 Å². The Morgan fingerprint density at radius 1 is 1.25 bits per heavy atom. The largest absolute Gasteiger partial charge is 0.299 e. The molecule has 96 valence electrons. The number of hydrogen-bond donors (Lipinski definition) is 0. The normalized spacial score (nSPS) is 15.9. The number of aromatic nitrogens is 4. The van der Waals surface area contributed by atoms with Gasteiger partial charge < -0.3 is 0 Å². The standard InChI is InChI=1S/C16H13N4/c1-18-14-9-19-10-17-7-6-13(19)15(14)20-8-11-4-2-3-5-12(11)16(18)20/h2-7,9-10H,8H2,1H3/q+1/i1D3. The summed E-state index contributed by atoms with van der Waals surface area (Å²) in [4.78, 5) is 4.12. The van der Waals surface area contributed by atoms with E-state index in [1.54, 1.807) is 12.5 Å². The van der Waals surface area contributed by atoms with E-state index in [0.717, 1.165) is 28.0 Å². The number of imidazole rings is 1. The first-order valence-corrected chi connectivity index (χ1v) is 6.53. The fourth-order valence-electron chi connectivity index (χ4n) is 3.25. The van der Waals surface area contributed by atoms with Gasteiger partial charge in [-0.3, -0.25) is 4.40 Å². The molecule has 0 spiro atoms. The molecule has 0 bridgehead atoms. The van der Waals surface area contributed by atoms with E-state index in [2.05, 4.69) is 15.6 Å². The molecule has 1 aliphatic heterocycles. The zero-order chi connectivity index (χ0) is 15.8. The van der Waals surface area contributed by atoms with Crippen LogP contribution in [-0.4, -0.2) is 14.0 Å². The number of benzene rings is 1. The van der Waals surface area contributed by atoms with E-state index in [1.807, 2.05) is 34.9 Å². The first-order valence-electron chi connectivity index (χ1n) is 8.03. The Morgan fingerprint density at radius 3 is 3.15 bits per heavy atom. The Morgan fingerprint density at radius 2 is 2.20 bits per heavy atom. The predicted molar refractivity (Wildman–Crippen MR) is 76.4 cm³/mol. The second-order valence-corrected chi connectivity index (χ2v) is 5.14. The van der Waals surface area contributed by atoms with E-state index in [4.69, 9.17) is 4.11 Å².